The molecule has 61 heavy (non-hydrogen) atoms. The van der Waals surface area contributed by atoms with Gasteiger partial charge in [0.1, 0.15) is 29.2 Å². The molecule has 2 spiro atoms. The van der Waals surface area contributed by atoms with Gasteiger partial charge in [0.2, 0.25) is 0 Å². The summed E-state index contributed by atoms with van der Waals surface area (Å²) in [6, 6.07) is 4.23. The van der Waals surface area contributed by atoms with Gasteiger partial charge in [-0.3, -0.25) is 4.79 Å². The predicted octanol–water partition coefficient (Wildman–Crippen LogP) is 9.85. The Morgan fingerprint density at radius 3 is 1.75 bits per heavy atom. The van der Waals surface area contributed by atoms with Crippen molar-refractivity contribution in [3.05, 3.63) is 82.0 Å². The molecule has 4 aliphatic heterocycles. The smallest absolute Gasteiger partial charge is 0.199 e. The van der Waals surface area contributed by atoms with Crippen molar-refractivity contribution in [3.63, 3.8) is 0 Å². The fourth-order valence-corrected chi connectivity index (χ4v) is 15.2. The molecule has 330 valence electrons. The van der Waals surface area contributed by atoms with Crippen molar-refractivity contribution in [2.24, 2.45) is 51.8 Å². The van der Waals surface area contributed by atoms with Gasteiger partial charge >= 0.3 is 0 Å². The van der Waals surface area contributed by atoms with Crippen molar-refractivity contribution in [2.45, 2.75) is 168 Å². The van der Waals surface area contributed by atoms with Crippen molar-refractivity contribution in [2.75, 3.05) is 7.11 Å². The molecule has 15 atom stereocenters. The number of aliphatic hydroxyl groups excluding tert-OH is 2. The number of fused-ring (bicyclic) bond motifs is 3. The van der Waals surface area contributed by atoms with Crippen LogP contribution in [0.25, 0.3) is 6.08 Å². The molecule has 10 aliphatic rings. The second-order valence-electron chi connectivity index (χ2n) is 22.7. The lowest BCUT2D eigenvalue weighted by Gasteiger charge is -2.61. The first-order chi connectivity index (χ1) is 28.5. The Bertz CT molecular complexity index is 2260. The van der Waals surface area contributed by atoms with Crippen LogP contribution in [0.1, 0.15) is 131 Å². The molecule has 6 aliphatic carbocycles. The van der Waals surface area contributed by atoms with Crippen molar-refractivity contribution in [1.82, 2.24) is 0 Å². The lowest BCUT2D eigenvalue weighted by atomic mass is 9.53. The van der Waals surface area contributed by atoms with Crippen molar-refractivity contribution in [3.8, 4) is 5.75 Å². The van der Waals surface area contributed by atoms with Crippen LogP contribution < -0.4 is 4.74 Å². The monoisotopic (exact) mass is 835 g/mol. The standard InChI is InChI=1S/C28H36O4.C25H34O4/c1-16-20-11-14-27(32-28(16)23(30)17(2)24(3,4)31-28)22-8-7-18-15-19(29)9-12-25(18,5)21(22)10-13-26(20,27)6;1-14-17-10-12-23(6)18-11-13-24(23,19(17)8-9-20(14)27-7)29-25(15(18)2)21(26)16(3)22(4,5)28-25/h7-8,10,13,15-17,20,23,30H,9,11-12,14H2,1-6H3;8-10,12,15-16,18,21,26H,11,13H2,1-7H3/t16-,17-,20+,23-,25-,26+,27-,28-;15-,16-,18+,21+,23+,24-,25-/m00/s1. The lowest BCUT2D eigenvalue weighted by molar-refractivity contribution is -0.382. The van der Waals surface area contributed by atoms with Crippen LogP contribution in [0.4, 0.5) is 0 Å². The molecule has 0 aromatic heterocycles. The number of aliphatic hydroxyl groups is 2. The molecular formula is C53H70O8. The zero-order valence-electron chi connectivity index (χ0n) is 38.9. The van der Waals surface area contributed by atoms with Gasteiger partial charge in [-0.1, -0.05) is 91.0 Å². The average Bonchev–Trinajstić information content (AvgIpc) is 3.72. The number of hydrogen-bond donors (Lipinski definition) is 2. The van der Waals surface area contributed by atoms with E-state index in [4.69, 9.17) is 23.7 Å². The van der Waals surface area contributed by atoms with Gasteiger partial charge in [-0.15, -0.1) is 0 Å². The van der Waals surface area contributed by atoms with Crippen LogP contribution in [0.15, 0.2) is 65.3 Å². The van der Waals surface area contributed by atoms with Crippen LogP contribution in [-0.2, 0) is 29.3 Å². The van der Waals surface area contributed by atoms with E-state index in [2.05, 4.69) is 132 Å². The number of ketones is 1. The second-order valence-corrected chi connectivity index (χ2v) is 22.7. The number of allylic oxidation sites excluding steroid dienone is 5. The van der Waals surface area contributed by atoms with Gasteiger partial charge < -0.3 is 33.9 Å². The third-order valence-electron chi connectivity index (χ3n) is 19.7. The summed E-state index contributed by atoms with van der Waals surface area (Å²) >= 11 is 0. The molecular weight excluding hydrogens is 765 g/mol. The highest BCUT2D eigenvalue weighted by atomic mass is 16.7. The van der Waals surface area contributed by atoms with Gasteiger partial charge in [-0.25, -0.2) is 0 Å². The molecule has 0 amide bonds. The average molecular weight is 835 g/mol. The second kappa shape index (κ2) is 12.7. The fourth-order valence-electron chi connectivity index (χ4n) is 15.2. The Hall–Kier alpha value is -2.85. The van der Waals surface area contributed by atoms with E-state index in [1.54, 1.807) is 7.11 Å². The summed E-state index contributed by atoms with van der Waals surface area (Å²) in [5.74, 6) is 0.0663. The maximum Gasteiger partial charge on any atom is 0.199 e. The molecule has 8 nitrogen and oxygen atoms in total. The fraction of sp³-hybridized carbons (Fsp3) is 0.679. The Balaban J connectivity index is 0.000000147. The number of hydrogen-bond acceptors (Lipinski definition) is 8. The van der Waals surface area contributed by atoms with Gasteiger partial charge in [-0.05, 0) is 124 Å². The quantitative estimate of drug-likeness (QED) is 0.289. The van der Waals surface area contributed by atoms with E-state index in [1.165, 1.54) is 22.3 Å². The number of benzene rings is 1. The van der Waals surface area contributed by atoms with E-state index >= 15 is 0 Å². The summed E-state index contributed by atoms with van der Waals surface area (Å²) in [5, 5.41) is 22.9. The van der Waals surface area contributed by atoms with Crippen LogP contribution in [0.2, 0.25) is 0 Å². The van der Waals surface area contributed by atoms with Gasteiger partial charge in [-0.2, -0.15) is 0 Å². The zero-order valence-corrected chi connectivity index (χ0v) is 38.9. The van der Waals surface area contributed by atoms with Gasteiger partial charge in [0, 0.05) is 46.3 Å². The minimum absolute atomic E-state index is 0.00122. The van der Waals surface area contributed by atoms with Gasteiger partial charge in [0.05, 0.1) is 18.3 Å². The largest absolute Gasteiger partial charge is 0.496 e. The van der Waals surface area contributed by atoms with Crippen LogP contribution >= 0.6 is 0 Å². The Kier molecular flexibility index (Phi) is 8.76. The summed E-state index contributed by atoms with van der Waals surface area (Å²) in [7, 11) is 1.72. The van der Waals surface area contributed by atoms with E-state index in [1.807, 2.05) is 6.08 Å². The summed E-state index contributed by atoms with van der Waals surface area (Å²) in [5.41, 5.74) is 4.81. The van der Waals surface area contributed by atoms with Crippen LogP contribution in [0.3, 0.4) is 0 Å². The maximum absolute atomic E-state index is 12.1. The molecule has 4 saturated heterocycles. The van der Waals surface area contributed by atoms with Crippen LogP contribution in [0, 0.1) is 58.7 Å². The highest BCUT2D eigenvalue weighted by Crippen LogP contribution is 2.73. The van der Waals surface area contributed by atoms with Crippen molar-refractivity contribution in [1.29, 1.82) is 0 Å². The normalized spacial score (nSPS) is 49.8. The highest BCUT2D eigenvalue weighted by Gasteiger charge is 2.77. The molecule has 0 unspecified atom stereocenters. The van der Waals surface area contributed by atoms with Crippen molar-refractivity contribution < 1.29 is 38.7 Å². The topological polar surface area (TPSA) is 104 Å². The number of methoxy groups -OCH3 is 1. The number of carbonyl (C=O) groups excluding carboxylic acids is 1. The third kappa shape index (κ3) is 4.86. The summed E-state index contributed by atoms with van der Waals surface area (Å²) < 4.78 is 33.3. The predicted molar refractivity (Wildman–Crippen MR) is 235 cm³/mol. The first kappa shape index (κ1) is 42.1. The first-order valence-electron chi connectivity index (χ1n) is 23.4. The molecule has 6 fully saturated rings. The Morgan fingerprint density at radius 1 is 0.656 bits per heavy atom. The minimum atomic E-state index is -1.000. The van der Waals surface area contributed by atoms with Gasteiger partial charge in [0.15, 0.2) is 17.4 Å². The van der Waals surface area contributed by atoms with E-state index in [0.717, 1.165) is 49.0 Å². The molecule has 1 aromatic carbocycles. The molecule has 8 heteroatoms. The molecule has 2 saturated carbocycles. The molecule has 11 rings (SSSR count). The summed E-state index contributed by atoms with van der Waals surface area (Å²) in [4.78, 5) is 12.1. The SMILES string of the molecule is COc1ccc2c(c1C)C=C[C@]1(C)[C@@H]3CC[C@]21O[C@@]1(OC(C)(C)[C@@H](C)[C@H]1O)[C@H]3C.C[C@H]1[C@H](O)[C@@]2(OC1(C)C)O[C@]13CC[C@H]([C@@H]2C)[C@@]1(C)C=CC1=C3C=CC2=CC(=O)CC[C@@]21C. The lowest BCUT2D eigenvalue weighted by Crippen LogP contribution is -2.67. The van der Waals surface area contributed by atoms with E-state index in [9.17, 15) is 15.0 Å². The Labute approximate surface area is 363 Å². The van der Waals surface area contributed by atoms with E-state index < -0.39 is 46.2 Å². The van der Waals surface area contributed by atoms with E-state index in [-0.39, 0.29) is 45.7 Å². The maximum atomic E-state index is 12.1. The minimum Gasteiger partial charge on any atom is -0.496 e. The molecule has 0 radical (unpaired) electrons. The third-order valence-corrected chi connectivity index (χ3v) is 19.7. The Morgan fingerprint density at radius 2 is 1.20 bits per heavy atom. The molecule has 2 N–H and O–H groups in total. The van der Waals surface area contributed by atoms with Crippen LogP contribution in [-0.4, -0.2) is 63.7 Å². The number of carbonyl (C=O) groups is 1. The van der Waals surface area contributed by atoms with Crippen LogP contribution in [0.5, 0.6) is 5.75 Å². The van der Waals surface area contributed by atoms with Gasteiger partial charge in [0.25, 0.3) is 0 Å². The summed E-state index contributed by atoms with van der Waals surface area (Å²) in [6.45, 7) is 25.9. The highest BCUT2D eigenvalue weighted by molar-refractivity contribution is 5.93. The van der Waals surface area contributed by atoms with E-state index in [0.29, 0.717) is 18.3 Å². The first-order valence-corrected chi connectivity index (χ1v) is 23.4. The zero-order chi connectivity index (χ0) is 43.9. The molecule has 4 heterocycles. The number of ether oxygens (including phenoxy) is 5. The number of rotatable bonds is 1. The molecule has 4 bridgehead atoms. The van der Waals surface area contributed by atoms with Crippen molar-refractivity contribution >= 4 is 11.9 Å². The molecule has 1 aromatic rings. The summed E-state index contributed by atoms with van der Waals surface area (Å²) in [6.07, 6.45) is 19.6.